The maximum atomic E-state index is 11.2. The molecule has 0 fully saturated rings. The van der Waals surface area contributed by atoms with Crippen LogP contribution in [0.3, 0.4) is 0 Å². The third-order valence-electron chi connectivity index (χ3n) is 1.47. The van der Waals surface area contributed by atoms with Gasteiger partial charge in [0.25, 0.3) is 0 Å². The summed E-state index contributed by atoms with van der Waals surface area (Å²) in [6.45, 7) is 1.77. The lowest BCUT2D eigenvalue weighted by atomic mass is 10.3. The average Bonchev–Trinajstić information content (AvgIpc) is 2.08. The lowest BCUT2D eigenvalue weighted by molar-refractivity contribution is -0.115. The Morgan fingerprint density at radius 1 is 1.46 bits per heavy atom. The Balaban J connectivity index is 2.65. The van der Waals surface area contributed by atoms with Gasteiger partial charge >= 0.3 is 0 Å². The van der Waals surface area contributed by atoms with E-state index in [1.807, 2.05) is 0 Å². The smallest absolute Gasteiger partial charge is 0.237 e. The van der Waals surface area contributed by atoms with E-state index in [2.05, 4.69) is 21.2 Å². The fraction of sp³-hybridized carbons (Fsp3) is 0.222. The number of nitrogens with one attached hydrogen (secondary N) is 1. The van der Waals surface area contributed by atoms with Crippen molar-refractivity contribution < 1.29 is 4.79 Å². The van der Waals surface area contributed by atoms with Crippen LogP contribution >= 0.6 is 27.5 Å². The van der Waals surface area contributed by atoms with Gasteiger partial charge in [-0.2, -0.15) is 0 Å². The van der Waals surface area contributed by atoms with E-state index >= 15 is 0 Å². The second kappa shape index (κ2) is 4.63. The zero-order valence-electron chi connectivity index (χ0n) is 7.05. The van der Waals surface area contributed by atoms with E-state index in [1.165, 1.54) is 0 Å². The molecule has 4 heteroatoms. The van der Waals surface area contributed by atoms with Gasteiger partial charge in [-0.3, -0.25) is 4.79 Å². The van der Waals surface area contributed by atoms with Crippen molar-refractivity contribution in [3.05, 3.63) is 29.3 Å². The monoisotopic (exact) mass is 261 g/mol. The molecule has 0 aliphatic rings. The van der Waals surface area contributed by atoms with E-state index in [1.54, 1.807) is 31.2 Å². The minimum atomic E-state index is -0.192. The molecule has 1 atom stereocenters. The average molecular weight is 263 g/mol. The summed E-state index contributed by atoms with van der Waals surface area (Å²) in [5.74, 6) is -0.0673. The molecule has 1 amide bonds. The molecule has 0 aromatic heterocycles. The molecule has 0 saturated carbocycles. The molecule has 0 heterocycles. The maximum Gasteiger partial charge on any atom is 0.237 e. The number of halogens is 2. The second-order valence-electron chi connectivity index (χ2n) is 2.61. The molecule has 1 aromatic rings. The summed E-state index contributed by atoms with van der Waals surface area (Å²) in [5.41, 5.74) is 0.751. The van der Waals surface area contributed by atoms with Crippen molar-refractivity contribution in [2.45, 2.75) is 11.8 Å². The number of amides is 1. The van der Waals surface area contributed by atoms with E-state index in [0.717, 1.165) is 5.69 Å². The minimum Gasteiger partial charge on any atom is -0.325 e. The molecule has 0 aliphatic carbocycles. The van der Waals surface area contributed by atoms with Gasteiger partial charge in [0.15, 0.2) is 0 Å². The molecule has 2 nitrogen and oxygen atoms in total. The number of rotatable bonds is 2. The van der Waals surface area contributed by atoms with Crippen LogP contribution in [0.5, 0.6) is 0 Å². The summed E-state index contributed by atoms with van der Waals surface area (Å²) in [4.78, 5) is 11.0. The highest BCUT2D eigenvalue weighted by molar-refractivity contribution is 9.10. The Hall–Kier alpha value is -0.540. The molecular weight excluding hydrogens is 253 g/mol. The van der Waals surface area contributed by atoms with Crippen LogP contribution < -0.4 is 5.32 Å². The maximum absolute atomic E-state index is 11.2. The Morgan fingerprint density at radius 3 is 2.46 bits per heavy atom. The first-order valence-electron chi connectivity index (χ1n) is 3.80. The summed E-state index contributed by atoms with van der Waals surface area (Å²) in [6.07, 6.45) is 0. The fourth-order valence-electron chi connectivity index (χ4n) is 0.775. The van der Waals surface area contributed by atoms with Gasteiger partial charge in [0.2, 0.25) is 5.91 Å². The molecule has 1 rings (SSSR count). The minimum absolute atomic E-state index is 0.0673. The van der Waals surface area contributed by atoms with E-state index in [9.17, 15) is 4.79 Å². The summed E-state index contributed by atoms with van der Waals surface area (Å²) < 4.78 is 0. The van der Waals surface area contributed by atoms with Gasteiger partial charge < -0.3 is 5.32 Å². The van der Waals surface area contributed by atoms with Gasteiger partial charge in [0.05, 0.1) is 4.83 Å². The highest BCUT2D eigenvalue weighted by Gasteiger charge is 2.07. The normalized spacial score (nSPS) is 12.2. The van der Waals surface area contributed by atoms with Crippen molar-refractivity contribution in [2.75, 3.05) is 5.32 Å². The quantitative estimate of drug-likeness (QED) is 0.816. The molecule has 0 saturated heterocycles. The van der Waals surface area contributed by atoms with E-state index in [0.29, 0.717) is 5.02 Å². The molecule has 13 heavy (non-hydrogen) atoms. The second-order valence-corrected chi connectivity index (χ2v) is 4.42. The molecule has 0 radical (unpaired) electrons. The Kier molecular flexibility index (Phi) is 3.75. The molecule has 1 N–H and O–H groups in total. The van der Waals surface area contributed by atoms with Crippen molar-refractivity contribution in [3.8, 4) is 0 Å². The zero-order chi connectivity index (χ0) is 9.84. The number of hydrogen-bond donors (Lipinski definition) is 1. The third-order valence-corrected chi connectivity index (χ3v) is 2.14. The summed E-state index contributed by atoms with van der Waals surface area (Å²) >= 11 is 8.86. The van der Waals surface area contributed by atoms with Gasteiger partial charge in [-0.15, -0.1) is 0 Å². The zero-order valence-corrected chi connectivity index (χ0v) is 9.39. The molecule has 70 valence electrons. The largest absolute Gasteiger partial charge is 0.325 e. The molecular formula is C9H9BrClNO. The molecule has 0 aliphatic heterocycles. The van der Waals surface area contributed by atoms with Crippen LogP contribution in [0, 0.1) is 0 Å². The molecule has 1 unspecified atom stereocenters. The van der Waals surface area contributed by atoms with Crippen LogP contribution in [0.25, 0.3) is 0 Å². The van der Waals surface area contributed by atoms with Crippen LogP contribution in [-0.2, 0) is 4.79 Å². The van der Waals surface area contributed by atoms with E-state index in [4.69, 9.17) is 11.6 Å². The first-order valence-corrected chi connectivity index (χ1v) is 5.09. The van der Waals surface area contributed by atoms with Crippen LogP contribution in [0.2, 0.25) is 5.02 Å². The van der Waals surface area contributed by atoms with Crippen LogP contribution in [0.1, 0.15) is 6.92 Å². The highest BCUT2D eigenvalue weighted by Crippen LogP contribution is 2.14. The molecule has 0 bridgehead atoms. The van der Waals surface area contributed by atoms with Gasteiger partial charge in [-0.05, 0) is 31.2 Å². The predicted molar refractivity (Wildman–Crippen MR) is 58.5 cm³/mol. The fourth-order valence-corrected chi connectivity index (χ4v) is 1.02. The standard InChI is InChI=1S/C9H9BrClNO/c1-6(10)9(13)12-8-4-2-7(11)3-5-8/h2-6H,1H3,(H,12,13). The lowest BCUT2D eigenvalue weighted by Crippen LogP contribution is -2.19. The first-order chi connectivity index (χ1) is 6.09. The number of alkyl halides is 1. The SMILES string of the molecule is CC(Br)C(=O)Nc1ccc(Cl)cc1. The molecule has 0 spiro atoms. The van der Waals surface area contributed by atoms with Crippen molar-refractivity contribution >= 4 is 39.1 Å². The Labute approximate surface area is 90.4 Å². The Morgan fingerprint density at radius 2 is 2.00 bits per heavy atom. The van der Waals surface area contributed by atoms with Crippen LogP contribution in [0.4, 0.5) is 5.69 Å². The number of carbonyl (C=O) groups excluding carboxylic acids is 1. The van der Waals surface area contributed by atoms with Crippen molar-refractivity contribution in [3.63, 3.8) is 0 Å². The summed E-state index contributed by atoms with van der Waals surface area (Å²) in [6, 6.07) is 6.98. The highest BCUT2D eigenvalue weighted by atomic mass is 79.9. The topological polar surface area (TPSA) is 29.1 Å². The number of carbonyl (C=O) groups is 1. The Bertz CT molecular complexity index is 297. The van der Waals surface area contributed by atoms with Crippen molar-refractivity contribution in [1.29, 1.82) is 0 Å². The van der Waals surface area contributed by atoms with E-state index < -0.39 is 0 Å². The number of benzene rings is 1. The van der Waals surface area contributed by atoms with Crippen LogP contribution in [-0.4, -0.2) is 10.7 Å². The third kappa shape index (κ3) is 3.36. The number of hydrogen-bond acceptors (Lipinski definition) is 1. The number of anilines is 1. The summed E-state index contributed by atoms with van der Waals surface area (Å²) in [5, 5.41) is 3.38. The van der Waals surface area contributed by atoms with Crippen molar-refractivity contribution in [2.24, 2.45) is 0 Å². The predicted octanol–water partition coefficient (Wildman–Crippen LogP) is 3.06. The van der Waals surface area contributed by atoms with Gasteiger partial charge in [-0.1, -0.05) is 27.5 Å². The van der Waals surface area contributed by atoms with Crippen LogP contribution in [0.15, 0.2) is 24.3 Å². The summed E-state index contributed by atoms with van der Waals surface area (Å²) in [7, 11) is 0. The van der Waals surface area contributed by atoms with Gasteiger partial charge in [0, 0.05) is 10.7 Å². The van der Waals surface area contributed by atoms with E-state index in [-0.39, 0.29) is 10.7 Å². The molecule has 1 aromatic carbocycles. The lowest BCUT2D eigenvalue weighted by Gasteiger charge is -2.05. The van der Waals surface area contributed by atoms with Gasteiger partial charge in [-0.25, -0.2) is 0 Å². The first kappa shape index (κ1) is 10.5. The van der Waals surface area contributed by atoms with Gasteiger partial charge in [0.1, 0.15) is 0 Å². The van der Waals surface area contributed by atoms with Crippen molar-refractivity contribution in [1.82, 2.24) is 0 Å².